The van der Waals surface area contributed by atoms with Gasteiger partial charge in [0.1, 0.15) is 0 Å². The maximum atomic E-state index is 5.80. The molecular formula is C18H22BrNO2. The van der Waals surface area contributed by atoms with E-state index in [0.717, 1.165) is 34.6 Å². The van der Waals surface area contributed by atoms with E-state index in [1.54, 1.807) is 7.11 Å². The minimum Gasteiger partial charge on any atom is -0.493 e. The molecule has 0 unspecified atom stereocenters. The normalized spacial score (nSPS) is 10.8. The number of hydrogen-bond acceptors (Lipinski definition) is 3. The predicted molar refractivity (Wildman–Crippen MR) is 93.4 cm³/mol. The number of rotatable bonds is 7. The highest BCUT2D eigenvalue weighted by Gasteiger charge is 2.13. The summed E-state index contributed by atoms with van der Waals surface area (Å²) in [7, 11) is 1.66. The first kappa shape index (κ1) is 16.8. The third-order valence-electron chi connectivity index (χ3n) is 3.14. The van der Waals surface area contributed by atoms with Gasteiger partial charge < -0.3 is 14.8 Å². The lowest BCUT2D eigenvalue weighted by Gasteiger charge is -2.16. The Morgan fingerprint density at radius 3 is 2.36 bits per heavy atom. The molecule has 2 rings (SSSR count). The number of hydrogen-bond donors (Lipinski definition) is 1. The lowest BCUT2D eigenvalue weighted by Crippen LogP contribution is -2.13. The Balaban J connectivity index is 2.04. The van der Waals surface area contributed by atoms with Crippen LogP contribution in [0.3, 0.4) is 0 Å². The van der Waals surface area contributed by atoms with Gasteiger partial charge in [0.25, 0.3) is 0 Å². The molecule has 0 saturated carbocycles. The van der Waals surface area contributed by atoms with Gasteiger partial charge in [-0.15, -0.1) is 0 Å². The lowest BCUT2D eigenvalue weighted by molar-refractivity contribution is 0.228. The van der Waals surface area contributed by atoms with E-state index in [0.29, 0.717) is 0 Å². The molecule has 2 aromatic carbocycles. The van der Waals surface area contributed by atoms with Crippen LogP contribution >= 0.6 is 15.9 Å². The van der Waals surface area contributed by atoms with Crippen LogP contribution in [0.4, 0.5) is 0 Å². The molecule has 22 heavy (non-hydrogen) atoms. The molecule has 0 spiro atoms. The Morgan fingerprint density at radius 2 is 1.73 bits per heavy atom. The minimum absolute atomic E-state index is 0.104. The van der Waals surface area contributed by atoms with E-state index in [2.05, 4.69) is 51.6 Å². The number of nitrogens with one attached hydrogen (secondary N) is 1. The summed E-state index contributed by atoms with van der Waals surface area (Å²) in [5.74, 6) is 1.50. The molecule has 0 atom stereocenters. The maximum Gasteiger partial charge on any atom is 0.175 e. The first-order valence-corrected chi connectivity index (χ1v) is 8.17. The van der Waals surface area contributed by atoms with Crippen molar-refractivity contribution in [2.75, 3.05) is 7.11 Å². The molecule has 1 N–H and O–H groups in total. The van der Waals surface area contributed by atoms with Crippen LogP contribution < -0.4 is 14.8 Å². The predicted octanol–water partition coefficient (Wildman–Crippen LogP) is 4.53. The molecular weight excluding hydrogens is 342 g/mol. The van der Waals surface area contributed by atoms with Crippen molar-refractivity contribution in [1.29, 1.82) is 0 Å². The number of benzene rings is 2. The summed E-state index contributed by atoms with van der Waals surface area (Å²) >= 11 is 3.57. The number of methoxy groups -OCH3 is 1. The van der Waals surface area contributed by atoms with E-state index < -0.39 is 0 Å². The summed E-state index contributed by atoms with van der Waals surface area (Å²) < 4.78 is 12.2. The number of ether oxygens (including phenoxy) is 2. The molecule has 0 bridgehead atoms. The molecule has 0 radical (unpaired) electrons. The van der Waals surface area contributed by atoms with Gasteiger partial charge >= 0.3 is 0 Å². The molecule has 3 nitrogen and oxygen atoms in total. The van der Waals surface area contributed by atoms with Gasteiger partial charge in [-0.1, -0.05) is 30.3 Å². The van der Waals surface area contributed by atoms with Crippen LogP contribution in [-0.4, -0.2) is 13.2 Å². The Bertz CT molecular complexity index is 600. The minimum atomic E-state index is 0.104. The highest BCUT2D eigenvalue weighted by molar-refractivity contribution is 9.10. The molecule has 4 heteroatoms. The van der Waals surface area contributed by atoms with Crippen LogP contribution in [0.2, 0.25) is 0 Å². The second-order valence-electron chi connectivity index (χ2n) is 5.36. The fourth-order valence-corrected chi connectivity index (χ4v) is 2.76. The van der Waals surface area contributed by atoms with Crippen molar-refractivity contribution in [1.82, 2.24) is 5.32 Å². The Labute approximate surface area is 140 Å². The third-order valence-corrected chi connectivity index (χ3v) is 3.73. The average molecular weight is 364 g/mol. The first-order chi connectivity index (χ1) is 10.6. The molecule has 0 aromatic heterocycles. The second-order valence-corrected chi connectivity index (χ2v) is 6.22. The zero-order chi connectivity index (χ0) is 15.9. The van der Waals surface area contributed by atoms with E-state index in [-0.39, 0.29) is 6.10 Å². The van der Waals surface area contributed by atoms with Crippen molar-refractivity contribution < 1.29 is 9.47 Å². The fourth-order valence-electron chi connectivity index (χ4n) is 2.17. The van der Waals surface area contributed by atoms with Gasteiger partial charge in [0.2, 0.25) is 0 Å². The summed E-state index contributed by atoms with van der Waals surface area (Å²) in [6.45, 7) is 5.61. The van der Waals surface area contributed by atoms with Crippen molar-refractivity contribution in [2.24, 2.45) is 0 Å². The van der Waals surface area contributed by atoms with Gasteiger partial charge in [-0.25, -0.2) is 0 Å². The van der Waals surface area contributed by atoms with Gasteiger partial charge in [-0.3, -0.25) is 0 Å². The summed E-state index contributed by atoms with van der Waals surface area (Å²) in [6.07, 6.45) is 0.104. The van der Waals surface area contributed by atoms with Crippen LogP contribution in [0.25, 0.3) is 0 Å². The molecule has 0 heterocycles. The molecule has 0 amide bonds. The third kappa shape index (κ3) is 4.75. The zero-order valence-electron chi connectivity index (χ0n) is 13.2. The molecule has 0 aliphatic carbocycles. The van der Waals surface area contributed by atoms with Gasteiger partial charge in [0.05, 0.1) is 17.7 Å². The Hall–Kier alpha value is -1.52. The number of halogens is 1. The summed E-state index contributed by atoms with van der Waals surface area (Å²) in [5.41, 5.74) is 2.42. The van der Waals surface area contributed by atoms with Crippen LogP contribution in [0.15, 0.2) is 46.9 Å². The van der Waals surface area contributed by atoms with Crippen LogP contribution in [-0.2, 0) is 13.1 Å². The van der Waals surface area contributed by atoms with E-state index in [9.17, 15) is 0 Å². The molecule has 0 aliphatic heterocycles. The molecule has 2 aromatic rings. The maximum absolute atomic E-state index is 5.80. The highest BCUT2D eigenvalue weighted by Crippen LogP contribution is 2.37. The lowest BCUT2D eigenvalue weighted by atomic mass is 10.2. The summed E-state index contributed by atoms with van der Waals surface area (Å²) in [6, 6.07) is 14.4. The van der Waals surface area contributed by atoms with Gasteiger partial charge in [0.15, 0.2) is 11.5 Å². The van der Waals surface area contributed by atoms with E-state index in [1.807, 2.05) is 26.0 Å². The zero-order valence-corrected chi connectivity index (χ0v) is 14.8. The molecule has 0 aliphatic rings. The summed E-state index contributed by atoms with van der Waals surface area (Å²) in [5, 5.41) is 3.44. The van der Waals surface area contributed by atoms with Crippen LogP contribution in [0, 0.1) is 0 Å². The molecule has 0 fully saturated rings. The van der Waals surface area contributed by atoms with Gasteiger partial charge in [-0.05, 0) is 53.0 Å². The summed E-state index contributed by atoms with van der Waals surface area (Å²) in [4.78, 5) is 0. The SMILES string of the molecule is COc1cc(CNCc2ccccc2)cc(Br)c1OC(C)C. The average Bonchev–Trinajstić information content (AvgIpc) is 2.50. The van der Waals surface area contributed by atoms with Crippen molar-refractivity contribution in [3.05, 3.63) is 58.1 Å². The van der Waals surface area contributed by atoms with E-state index in [4.69, 9.17) is 9.47 Å². The quantitative estimate of drug-likeness (QED) is 0.783. The smallest absolute Gasteiger partial charge is 0.175 e. The highest BCUT2D eigenvalue weighted by atomic mass is 79.9. The van der Waals surface area contributed by atoms with E-state index >= 15 is 0 Å². The first-order valence-electron chi connectivity index (χ1n) is 7.38. The van der Waals surface area contributed by atoms with Crippen molar-refractivity contribution in [2.45, 2.75) is 33.0 Å². The monoisotopic (exact) mass is 363 g/mol. The topological polar surface area (TPSA) is 30.5 Å². The van der Waals surface area contributed by atoms with Gasteiger partial charge in [-0.2, -0.15) is 0 Å². The van der Waals surface area contributed by atoms with Crippen LogP contribution in [0.5, 0.6) is 11.5 Å². The fraction of sp³-hybridized carbons (Fsp3) is 0.333. The van der Waals surface area contributed by atoms with Crippen LogP contribution in [0.1, 0.15) is 25.0 Å². The second kappa shape index (κ2) is 8.20. The Kier molecular flexibility index (Phi) is 6.28. The van der Waals surface area contributed by atoms with E-state index in [1.165, 1.54) is 5.56 Å². The van der Waals surface area contributed by atoms with Crippen molar-refractivity contribution in [3.8, 4) is 11.5 Å². The van der Waals surface area contributed by atoms with Crippen molar-refractivity contribution in [3.63, 3.8) is 0 Å². The molecule has 0 saturated heterocycles. The molecule has 118 valence electrons. The van der Waals surface area contributed by atoms with Crippen molar-refractivity contribution >= 4 is 15.9 Å². The largest absolute Gasteiger partial charge is 0.493 e. The standard InChI is InChI=1S/C18H22BrNO2/c1-13(2)22-18-16(19)9-15(10-17(18)21-3)12-20-11-14-7-5-4-6-8-14/h4-10,13,20H,11-12H2,1-3H3. The van der Waals surface area contributed by atoms with Gasteiger partial charge in [0, 0.05) is 13.1 Å². The Morgan fingerprint density at radius 1 is 1.05 bits per heavy atom.